The molecule has 1 atom stereocenters. The van der Waals surface area contributed by atoms with Gasteiger partial charge in [0.15, 0.2) is 5.82 Å². The van der Waals surface area contributed by atoms with Crippen LogP contribution in [0.15, 0.2) is 41.2 Å². The molecule has 0 bridgehead atoms. The number of halogens is 2. The first kappa shape index (κ1) is 23.1. The van der Waals surface area contributed by atoms with Crippen molar-refractivity contribution in [3.8, 4) is 17.8 Å². The number of aromatic nitrogens is 4. The van der Waals surface area contributed by atoms with E-state index in [4.69, 9.17) is 11.5 Å². The van der Waals surface area contributed by atoms with Crippen molar-refractivity contribution >= 4 is 28.5 Å². The molecule has 0 saturated carbocycles. The van der Waals surface area contributed by atoms with Gasteiger partial charge in [0.05, 0.1) is 23.4 Å². The molecule has 174 valence electrons. The SMILES string of the molecule is CCC(Nc1nc(N)nc(N)c1C#N)c1nc2c(F)ccc(F)c2c(=O)n1-c1cccc(C#N)c1. The molecule has 4 aromatic rings. The Kier molecular flexibility index (Phi) is 5.96. The quantitative estimate of drug-likeness (QED) is 0.394. The zero-order valence-electron chi connectivity index (χ0n) is 18.3. The molecule has 2 aromatic heterocycles. The van der Waals surface area contributed by atoms with Gasteiger partial charge in [-0.25, -0.2) is 13.8 Å². The van der Waals surface area contributed by atoms with Gasteiger partial charge < -0.3 is 16.8 Å². The molecule has 0 spiro atoms. The minimum Gasteiger partial charge on any atom is -0.382 e. The highest BCUT2D eigenvalue weighted by Crippen LogP contribution is 2.28. The minimum absolute atomic E-state index is 0.00997. The van der Waals surface area contributed by atoms with Crippen LogP contribution in [0.25, 0.3) is 16.6 Å². The zero-order valence-corrected chi connectivity index (χ0v) is 18.3. The average molecular weight is 473 g/mol. The van der Waals surface area contributed by atoms with Crippen LogP contribution in [-0.2, 0) is 0 Å². The van der Waals surface area contributed by atoms with Crippen molar-refractivity contribution in [3.63, 3.8) is 0 Å². The van der Waals surface area contributed by atoms with Crippen molar-refractivity contribution in [2.24, 2.45) is 0 Å². The summed E-state index contributed by atoms with van der Waals surface area (Å²) in [6, 6.07) is 10.8. The zero-order chi connectivity index (χ0) is 25.3. The Balaban J connectivity index is 2.04. The topological polar surface area (TPSA) is 172 Å². The van der Waals surface area contributed by atoms with Gasteiger partial charge in [-0.05, 0) is 36.8 Å². The van der Waals surface area contributed by atoms with Crippen molar-refractivity contribution in [1.29, 1.82) is 10.5 Å². The molecule has 10 nitrogen and oxygen atoms in total. The van der Waals surface area contributed by atoms with E-state index in [0.29, 0.717) is 0 Å². The lowest BCUT2D eigenvalue weighted by Crippen LogP contribution is -2.29. The molecule has 0 aliphatic heterocycles. The lowest BCUT2D eigenvalue weighted by Gasteiger charge is -2.23. The van der Waals surface area contributed by atoms with Gasteiger partial charge in [-0.1, -0.05) is 13.0 Å². The van der Waals surface area contributed by atoms with Gasteiger partial charge in [0.1, 0.15) is 45.8 Å². The number of nitrogens with two attached hydrogens (primary N) is 2. The lowest BCUT2D eigenvalue weighted by atomic mass is 10.1. The first-order chi connectivity index (χ1) is 16.8. The number of fused-ring (bicyclic) bond motifs is 1. The molecular weight excluding hydrogens is 456 g/mol. The number of nitrogens with one attached hydrogen (secondary N) is 1. The Morgan fingerprint density at radius 2 is 1.83 bits per heavy atom. The summed E-state index contributed by atoms with van der Waals surface area (Å²) in [7, 11) is 0. The van der Waals surface area contributed by atoms with Gasteiger partial charge in [0.25, 0.3) is 5.56 Å². The van der Waals surface area contributed by atoms with E-state index in [1.54, 1.807) is 13.0 Å². The van der Waals surface area contributed by atoms with Crippen molar-refractivity contribution in [1.82, 2.24) is 19.5 Å². The number of anilines is 3. The summed E-state index contributed by atoms with van der Waals surface area (Å²) >= 11 is 0. The summed E-state index contributed by atoms with van der Waals surface area (Å²) in [5.74, 6) is -2.21. The van der Waals surface area contributed by atoms with Crippen molar-refractivity contribution in [3.05, 3.63) is 75.3 Å². The summed E-state index contributed by atoms with van der Waals surface area (Å²) in [5, 5.41) is 21.3. The van der Waals surface area contributed by atoms with Crippen LogP contribution in [0.4, 0.5) is 26.4 Å². The maximum absolute atomic E-state index is 14.7. The molecule has 4 rings (SSSR count). The summed E-state index contributed by atoms with van der Waals surface area (Å²) in [6.45, 7) is 1.74. The average Bonchev–Trinajstić information content (AvgIpc) is 2.84. The molecular formula is C23H17F2N9O. The Labute approximate surface area is 197 Å². The fourth-order valence-electron chi connectivity index (χ4n) is 3.66. The van der Waals surface area contributed by atoms with Gasteiger partial charge in [0, 0.05) is 0 Å². The van der Waals surface area contributed by atoms with Crippen molar-refractivity contribution in [2.45, 2.75) is 19.4 Å². The largest absolute Gasteiger partial charge is 0.382 e. The number of rotatable bonds is 5. The normalized spacial score (nSPS) is 11.6. The monoisotopic (exact) mass is 473 g/mol. The molecule has 0 aliphatic carbocycles. The van der Waals surface area contributed by atoms with E-state index in [1.165, 1.54) is 18.2 Å². The van der Waals surface area contributed by atoms with Crippen molar-refractivity contribution < 1.29 is 8.78 Å². The fourth-order valence-corrected chi connectivity index (χ4v) is 3.66. The second-order valence-electron chi connectivity index (χ2n) is 7.43. The van der Waals surface area contributed by atoms with Crippen LogP contribution < -0.4 is 22.3 Å². The van der Waals surface area contributed by atoms with Gasteiger partial charge in [-0.15, -0.1) is 0 Å². The minimum atomic E-state index is -0.945. The Bertz CT molecular complexity index is 1620. The molecule has 0 amide bonds. The van der Waals surface area contributed by atoms with Crippen molar-refractivity contribution in [2.75, 3.05) is 16.8 Å². The number of benzene rings is 2. The van der Waals surface area contributed by atoms with Gasteiger partial charge in [-0.3, -0.25) is 9.36 Å². The summed E-state index contributed by atoms with van der Waals surface area (Å²) in [6.07, 6.45) is 0.265. The Morgan fingerprint density at radius 1 is 1.09 bits per heavy atom. The highest BCUT2D eigenvalue weighted by Gasteiger charge is 2.25. The highest BCUT2D eigenvalue weighted by molar-refractivity contribution is 5.79. The molecule has 1 unspecified atom stereocenters. The van der Waals surface area contributed by atoms with Crippen LogP contribution in [0.5, 0.6) is 0 Å². The molecule has 0 aliphatic rings. The predicted octanol–water partition coefficient (Wildman–Crippen LogP) is 2.92. The number of nitriles is 2. The number of hydrogen-bond acceptors (Lipinski definition) is 9. The van der Waals surface area contributed by atoms with E-state index >= 15 is 0 Å². The van der Waals surface area contributed by atoms with E-state index in [-0.39, 0.29) is 46.6 Å². The second kappa shape index (κ2) is 9.03. The summed E-state index contributed by atoms with van der Waals surface area (Å²) < 4.78 is 30.4. The Morgan fingerprint density at radius 3 is 2.51 bits per heavy atom. The van der Waals surface area contributed by atoms with Crippen LogP contribution >= 0.6 is 0 Å². The molecule has 2 aromatic carbocycles. The van der Waals surface area contributed by atoms with Crippen LogP contribution in [0, 0.1) is 34.3 Å². The van der Waals surface area contributed by atoms with Gasteiger partial charge >= 0.3 is 0 Å². The van der Waals surface area contributed by atoms with Gasteiger partial charge in [-0.2, -0.15) is 20.5 Å². The van der Waals surface area contributed by atoms with Crippen LogP contribution in [0.3, 0.4) is 0 Å². The fraction of sp³-hybridized carbons (Fsp3) is 0.130. The third kappa shape index (κ3) is 4.05. The second-order valence-corrected chi connectivity index (χ2v) is 7.43. The molecule has 0 radical (unpaired) electrons. The first-order valence-electron chi connectivity index (χ1n) is 10.3. The number of hydrogen-bond donors (Lipinski definition) is 3. The molecule has 12 heteroatoms. The Hall–Kier alpha value is -5.10. The van der Waals surface area contributed by atoms with E-state index < -0.39 is 34.1 Å². The number of nitrogens with zero attached hydrogens (tertiary/aromatic N) is 6. The van der Waals surface area contributed by atoms with Crippen LogP contribution in [-0.4, -0.2) is 19.5 Å². The van der Waals surface area contributed by atoms with E-state index in [1.807, 2.05) is 12.1 Å². The molecule has 0 saturated heterocycles. The van der Waals surface area contributed by atoms with Crippen LogP contribution in [0.2, 0.25) is 0 Å². The molecule has 35 heavy (non-hydrogen) atoms. The lowest BCUT2D eigenvalue weighted by molar-refractivity contribution is 0.604. The third-order valence-corrected chi connectivity index (χ3v) is 5.28. The first-order valence-corrected chi connectivity index (χ1v) is 10.3. The summed E-state index contributed by atoms with van der Waals surface area (Å²) in [5.41, 5.74) is 10.5. The van der Waals surface area contributed by atoms with E-state index in [0.717, 1.165) is 16.7 Å². The molecule has 2 heterocycles. The molecule has 5 N–H and O–H groups in total. The van der Waals surface area contributed by atoms with Crippen LogP contribution in [0.1, 0.15) is 36.3 Å². The third-order valence-electron chi connectivity index (χ3n) is 5.28. The maximum atomic E-state index is 14.7. The standard InChI is InChI=1S/C23H17F2N9O/c1-2-16(30-20-13(10-27)19(28)32-23(29)33-20)21-31-18-15(25)7-6-14(24)17(18)22(35)34(21)12-5-3-4-11(8-12)9-26/h3-8,16H,2H2,1H3,(H5,28,29,30,32,33). The highest BCUT2D eigenvalue weighted by atomic mass is 19.1. The summed E-state index contributed by atoms with van der Waals surface area (Å²) in [4.78, 5) is 25.6. The van der Waals surface area contributed by atoms with E-state index in [2.05, 4.69) is 20.3 Å². The smallest absolute Gasteiger partial charge is 0.269 e. The maximum Gasteiger partial charge on any atom is 0.269 e. The molecule has 0 fully saturated rings. The number of nitrogen functional groups attached to an aromatic ring is 2. The van der Waals surface area contributed by atoms with E-state index in [9.17, 15) is 24.1 Å². The predicted molar refractivity (Wildman–Crippen MR) is 124 cm³/mol. The van der Waals surface area contributed by atoms with Gasteiger partial charge in [0.2, 0.25) is 5.95 Å².